The lowest BCUT2D eigenvalue weighted by Gasteiger charge is -2.20. The third kappa shape index (κ3) is 2.12. The molecule has 0 amide bonds. The first-order valence-corrected chi connectivity index (χ1v) is 5.56. The SMILES string of the molecule is COc1cnccc1C(N)C1CCCC1. The number of hydrogen-bond acceptors (Lipinski definition) is 3. The van der Waals surface area contributed by atoms with Gasteiger partial charge in [-0.2, -0.15) is 0 Å². The summed E-state index contributed by atoms with van der Waals surface area (Å²) in [6.45, 7) is 0. The smallest absolute Gasteiger partial charge is 0.141 e. The third-order valence-electron chi connectivity index (χ3n) is 3.30. The van der Waals surface area contributed by atoms with Gasteiger partial charge < -0.3 is 10.5 Å². The van der Waals surface area contributed by atoms with Crippen molar-refractivity contribution in [1.29, 1.82) is 0 Å². The maximum Gasteiger partial charge on any atom is 0.141 e. The zero-order valence-electron chi connectivity index (χ0n) is 9.15. The second-order valence-electron chi connectivity index (χ2n) is 4.19. The van der Waals surface area contributed by atoms with Crippen LogP contribution in [-0.4, -0.2) is 12.1 Å². The Morgan fingerprint density at radius 2 is 2.20 bits per heavy atom. The van der Waals surface area contributed by atoms with E-state index < -0.39 is 0 Å². The van der Waals surface area contributed by atoms with Gasteiger partial charge in [-0.05, 0) is 24.8 Å². The molecule has 1 aliphatic carbocycles. The minimum atomic E-state index is 0.102. The second-order valence-corrected chi connectivity index (χ2v) is 4.19. The fourth-order valence-corrected chi connectivity index (χ4v) is 2.41. The molecule has 2 rings (SSSR count). The van der Waals surface area contributed by atoms with Crippen molar-refractivity contribution < 1.29 is 4.74 Å². The summed E-state index contributed by atoms with van der Waals surface area (Å²) in [5.41, 5.74) is 7.37. The number of ether oxygens (including phenoxy) is 1. The summed E-state index contributed by atoms with van der Waals surface area (Å²) in [5.74, 6) is 1.43. The highest BCUT2D eigenvalue weighted by Crippen LogP contribution is 2.36. The average Bonchev–Trinajstić information content (AvgIpc) is 2.81. The van der Waals surface area contributed by atoms with Crippen LogP contribution >= 0.6 is 0 Å². The Morgan fingerprint density at radius 3 is 2.87 bits per heavy atom. The summed E-state index contributed by atoms with van der Waals surface area (Å²) in [6, 6.07) is 2.08. The first-order valence-electron chi connectivity index (χ1n) is 5.56. The van der Waals surface area contributed by atoms with Gasteiger partial charge in [0.05, 0.1) is 13.3 Å². The van der Waals surface area contributed by atoms with Crippen molar-refractivity contribution >= 4 is 0 Å². The highest BCUT2D eigenvalue weighted by molar-refractivity contribution is 5.33. The van der Waals surface area contributed by atoms with E-state index in [1.807, 2.05) is 6.07 Å². The predicted molar refractivity (Wildman–Crippen MR) is 59.7 cm³/mol. The fourth-order valence-electron chi connectivity index (χ4n) is 2.41. The van der Waals surface area contributed by atoms with Crippen LogP contribution in [0.3, 0.4) is 0 Å². The molecule has 0 spiro atoms. The molecule has 1 heterocycles. The van der Waals surface area contributed by atoms with E-state index in [2.05, 4.69) is 4.98 Å². The van der Waals surface area contributed by atoms with Crippen molar-refractivity contribution in [3.8, 4) is 5.75 Å². The Hall–Kier alpha value is -1.09. The first kappa shape index (κ1) is 10.4. The van der Waals surface area contributed by atoms with Crippen LogP contribution in [0, 0.1) is 5.92 Å². The van der Waals surface area contributed by atoms with Crippen LogP contribution in [0.5, 0.6) is 5.75 Å². The molecule has 0 bridgehead atoms. The lowest BCUT2D eigenvalue weighted by molar-refractivity contribution is 0.383. The molecule has 1 aromatic rings. The van der Waals surface area contributed by atoms with Crippen LogP contribution in [-0.2, 0) is 0 Å². The maximum atomic E-state index is 6.27. The van der Waals surface area contributed by atoms with E-state index in [0.29, 0.717) is 5.92 Å². The van der Waals surface area contributed by atoms with Crippen molar-refractivity contribution in [3.63, 3.8) is 0 Å². The Bertz CT molecular complexity index is 321. The molecule has 82 valence electrons. The quantitative estimate of drug-likeness (QED) is 0.825. The number of hydrogen-bond donors (Lipinski definition) is 1. The number of pyridine rings is 1. The fraction of sp³-hybridized carbons (Fsp3) is 0.583. The lowest BCUT2D eigenvalue weighted by atomic mass is 9.93. The summed E-state index contributed by atoms with van der Waals surface area (Å²) in [4.78, 5) is 4.04. The van der Waals surface area contributed by atoms with Crippen LogP contribution in [0.1, 0.15) is 37.3 Å². The molecular formula is C12H18N2O. The van der Waals surface area contributed by atoms with Gasteiger partial charge in [-0.15, -0.1) is 0 Å². The number of aromatic nitrogens is 1. The molecule has 0 radical (unpaired) electrons. The van der Waals surface area contributed by atoms with Crippen LogP contribution in [0.2, 0.25) is 0 Å². The van der Waals surface area contributed by atoms with Crippen LogP contribution < -0.4 is 10.5 Å². The molecule has 2 N–H and O–H groups in total. The first-order chi connectivity index (χ1) is 7.33. The third-order valence-corrected chi connectivity index (χ3v) is 3.30. The van der Waals surface area contributed by atoms with Crippen molar-refractivity contribution in [2.45, 2.75) is 31.7 Å². The van der Waals surface area contributed by atoms with E-state index in [1.54, 1.807) is 19.5 Å². The molecule has 15 heavy (non-hydrogen) atoms. The standard InChI is InChI=1S/C12H18N2O/c1-15-11-8-14-7-6-10(11)12(13)9-4-2-3-5-9/h6-9,12H,2-5,13H2,1H3. The molecule has 1 aromatic heterocycles. The number of nitrogens with zero attached hydrogens (tertiary/aromatic N) is 1. The van der Waals surface area contributed by atoms with Gasteiger partial charge in [0.1, 0.15) is 5.75 Å². The molecule has 0 saturated heterocycles. The normalized spacial score (nSPS) is 19.1. The summed E-state index contributed by atoms with van der Waals surface area (Å²) < 4.78 is 5.28. The Balaban J connectivity index is 2.19. The van der Waals surface area contributed by atoms with E-state index in [0.717, 1.165) is 11.3 Å². The van der Waals surface area contributed by atoms with Crippen LogP contribution in [0.4, 0.5) is 0 Å². The molecule has 1 saturated carbocycles. The van der Waals surface area contributed by atoms with Gasteiger partial charge in [0.25, 0.3) is 0 Å². The number of nitrogens with two attached hydrogens (primary N) is 1. The van der Waals surface area contributed by atoms with E-state index in [9.17, 15) is 0 Å². The molecule has 1 fully saturated rings. The Morgan fingerprint density at radius 1 is 1.47 bits per heavy atom. The zero-order valence-corrected chi connectivity index (χ0v) is 9.15. The van der Waals surface area contributed by atoms with Crippen LogP contribution in [0.15, 0.2) is 18.5 Å². The van der Waals surface area contributed by atoms with Gasteiger partial charge in [0.15, 0.2) is 0 Å². The molecular weight excluding hydrogens is 188 g/mol. The number of methoxy groups -OCH3 is 1. The molecule has 0 aromatic carbocycles. The van der Waals surface area contributed by atoms with Gasteiger partial charge >= 0.3 is 0 Å². The minimum Gasteiger partial charge on any atom is -0.495 e. The van der Waals surface area contributed by atoms with Gasteiger partial charge in [-0.3, -0.25) is 4.98 Å². The van der Waals surface area contributed by atoms with E-state index >= 15 is 0 Å². The largest absolute Gasteiger partial charge is 0.495 e. The molecule has 3 heteroatoms. The summed E-state index contributed by atoms with van der Waals surface area (Å²) in [6.07, 6.45) is 8.63. The zero-order chi connectivity index (χ0) is 10.7. The van der Waals surface area contributed by atoms with Gasteiger partial charge in [0, 0.05) is 17.8 Å². The molecule has 1 atom stereocenters. The predicted octanol–water partition coefficient (Wildman–Crippen LogP) is 2.28. The highest BCUT2D eigenvalue weighted by Gasteiger charge is 2.25. The minimum absolute atomic E-state index is 0.102. The van der Waals surface area contributed by atoms with Gasteiger partial charge in [-0.25, -0.2) is 0 Å². The Labute approximate surface area is 90.7 Å². The highest BCUT2D eigenvalue weighted by atomic mass is 16.5. The van der Waals surface area contributed by atoms with Gasteiger partial charge in [-0.1, -0.05) is 12.8 Å². The van der Waals surface area contributed by atoms with Crippen molar-refractivity contribution in [1.82, 2.24) is 4.98 Å². The van der Waals surface area contributed by atoms with Gasteiger partial charge in [0.2, 0.25) is 0 Å². The molecule has 3 nitrogen and oxygen atoms in total. The van der Waals surface area contributed by atoms with E-state index in [-0.39, 0.29) is 6.04 Å². The summed E-state index contributed by atoms with van der Waals surface area (Å²) in [5, 5.41) is 0. The van der Waals surface area contributed by atoms with Crippen molar-refractivity contribution in [2.75, 3.05) is 7.11 Å². The van der Waals surface area contributed by atoms with Crippen molar-refractivity contribution in [3.05, 3.63) is 24.0 Å². The van der Waals surface area contributed by atoms with E-state index in [1.165, 1.54) is 25.7 Å². The van der Waals surface area contributed by atoms with Crippen LogP contribution in [0.25, 0.3) is 0 Å². The molecule has 1 unspecified atom stereocenters. The average molecular weight is 206 g/mol. The molecule has 1 aliphatic rings. The molecule has 0 aliphatic heterocycles. The number of rotatable bonds is 3. The Kier molecular flexibility index (Phi) is 3.21. The monoisotopic (exact) mass is 206 g/mol. The summed E-state index contributed by atoms with van der Waals surface area (Å²) in [7, 11) is 1.67. The second kappa shape index (κ2) is 4.62. The topological polar surface area (TPSA) is 48.1 Å². The van der Waals surface area contributed by atoms with Crippen molar-refractivity contribution in [2.24, 2.45) is 11.7 Å². The van der Waals surface area contributed by atoms with E-state index in [4.69, 9.17) is 10.5 Å². The maximum absolute atomic E-state index is 6.27. The lowest BCUT2D eigenvalue weighted by Crippen LogP contribution is -2.19. The summed E-state index contributed by atoms with van der Waals surface area (Å²) >= 11 is 0.